The smallest absolute Gasteiger partial charge is 0.263 e. The third-order valence-electron chi connectivity index (χ3n) is 1.80. The van der Waals surface area contributed by atoms with E-state index >= 15 is 0 Å². The maximum absolute atomic E-state index is 12.2. The van der Waals surface area contributed by atoms with Crippen molar-refractivity contribution in [3.8, 4) is 0 Å². The minimum absolute atomic E-state index is 0.00481. The lowest BCUT2D eigenvalue weighted by Crippen LogP contribution is -2.06. The second-order valence-electron chi connectivity index (χ2n) is 2.73. The van der Waals surface area contributed by atoms with Crippen molar-refractivity contribution in [2.45, 2.75) is 12.5 Å². The van der Waals surface area contributed by atoms with Gasteiger partial charge in [-0.15, -0.1) is 6.58 Å². The zero-order valence-corrected chi connectivity index (χ0v) is 7.08. The van der Waals surface area contributed by atoms with Crippen molar-refractivity contribution in [1.82, 2.24) is 0 Å². The minimum atomic E-state index is -2.45. The van der Waals surface area contributed by atoms with E-state index in [9.17, 15) is 8.78 Å². The fraction of sp³-hybridized carbons (Fsp3) is 0.200. The molecule has 1 aromatic carbocycles. The van der Waals surface area contributed by atoms with Crippen molar-refractivity contribution < 1.29 is 8.78 Å². The average molecular weight is 183 g/mol. The molecule has 1 aromatic rings. The third kappa shape index (κ3) is 2.36. The molecule has 1 nitrogen and oxygen atoms in total. The average Bonchev–Trinajstić information content (AvgIpc) is 2.17. The fourth-order valence-corrected chi connectivity index (χ4v) is 1.04. The van der Waals surface area contributed by atoms with Gasteiger partial charge in [-0.05, 0) is 11.6 Å². The monoisotopic (exact) mass is 183 g/mol. The Morgan fingerprint density at radius 1 is 1.31 bits per heavy atom. The number of benzene rings is 1. The molecule has 70 valence electrons. The highest BCUT2D eigenvalue weighted by Gasteiger charge is 2.08. The van der Waals surface area contributed by atoms with Gasteiger partial charge >= 0.3 is 0 Å². The van der Waals surface area contributed by atoms with E-state index in [0.29, 0.717) is 5.56 Å². The predicted octanol–water partition coefficient (Wildman–Crippen LogP) is 2.81. The molecule has 0 aliphatic carbocycles. The summed E-state index contributed by atoms with van der Waals surface area (Å²) in [5.41, 5.74) is 6.26. The zero-order valence-electron chi connectivity index (χ0n) is 7.08. The highest BCUT2D eigenvalue weighted by Crippen LogP contribution is 2.21. The first-order chi connectivity index (χ1) is 6.15. The van der Waals surface area contributed by atoms with Crippen molar-refractivity contribution in [1.29, 1.82) is 0 Å². The predicted molar refractivity (Wildman–Crippen MR) is 48.5 cm³/mol. The number of alkyl halides is 2. The van der Waals surface area contributed by atoms with Crippen molar-refractivity contribution in [2.75, 3.05) is 0 Å². The Morgan fingerprint density at radius 3 is 2.46 bits per heavy atom. The number of halogens is 2. The van der Waals surface area contributed by atoms with E-state index in [-0.39, 0.29) is 11.6 Å². The van der Waals surface area contributed by atoms with Gasteiger partial charge in [0.2, 0.25) is 0 Å². The van der Waals surface area contributed by atoms with Crippen LogP contribution in [0.5, 0.6) is 0 Å². The zero-order chi connectivity index (χ0) is 9.84. The molecule has 0 saturated heterocycles. The molecule has 13 heavy (non-hydrogen) atoms. The van der Waals surface area contributed by atoms with Crippen LogP contribution in [0.25, 0.3) is 0 Å². The summed E-state index contributed by atoms with van der Waals surface area (Å²) in [5, 5.41) is 0. The Bertz CT molecular complexity index is 297. The summed E-state index contributed by atoms with van der Waals surface area (Å²) in [7, 11) is 0. The van der Waals surface area contributed by atoms with E-state index in [2.05, 4.69) is 6.58 Å². The normalized spacial score (nSPS) is 12.9. The van der Waals surface area contributed by atoms with Crippen LogP contribution in [0.3, 0.4) is 0 Å². The molecule has 0 saturated carbocycles. The molecule has 3 heteroatoms. The molecule has 0 aliphatic heterocycles. The first kappa shape index (κ1) is 9.86. The molecule has 0 radical (unpaired) electrons. The van der Waals surface area contributed by atoms with E-state index in [0.717, 1.165) is 0 Å². The van der Waals surface area contributed by atoms with Crippen LogP contribution in [0.1, 0.15) is 23.6 Å². The molecule has 0 bridgehead atoms. The minimum Gasteiger partial charge on any atom is -0.321 e. The van der Waals surface area contributed by atoms with Crippen LogP contribution < -0.4 is 5.73 Å². The van der Waals surface area contributed by atoms with E-state index in [4.69, 9.17) is 5.73 Å². The van der Waals surface area contributed by atoms with Gasteiger partial charge in [0.25, 0.3) is 6.43 Å². The van der Waals surface area contributed by atoms with Gasteiger partial charge in [0.15, 0.2) is 0 Å². The summed E-state index contributed by atoms with van der Waals surface area (Å²) in [6, 6.07) is 5.68. The van der Waals surface area contributed by atoms with E-state index in [1.165, 1.54) is 18.2 Å². The lowest BCUT2D eigenvalue weighted by molar-refractivity contribution is 0.151. The van der Waals surface area contributed by atoms with Gasteiger partial charge in [-0.25, -0.2) is 8.78 Å². The molecular weight excluding hydrogens is 172 g/mol. The Hall–Kier alpha value is -1.22. The van der Waals surface area contributed by atoms with Gasteiger partial charge in [-0.1, -0.05) is 24.3 Å². The lowest BCUT2D eigenvalue weighted by Gasteiger charge is -2.08. The van der Waals surface area contributed by atoms with Crippen LogP contribution >= 0.6 is 0 Å². The maximum Gasteiger partial charge on any atom is 0.263 e. The van der Waals surface area contributed by atoms with Gasteiger partial charge in [0, 0.05) is 11.6 Å². The Labute approximate surface area is 75.9 Å². The quantitative estimate of drug-likeness (QED) is 0.716. The number of hydrogen-bond acceptors (Lipinski definition) is 1. The topological polar surface area (TPSA) is 26.0 Å². The Morgan fingerprint density at radius 2 is 1.92 bits per heavy atom. The summed E-state index contributed by atoms with van der Waals surface area (Å²) in [6.07, 6.45) is -0.929. The first-order valence-corrected chi connectivity index (χ1v) is 3.91. The molecule has 0 heterocycles. The van der Waals surface area contributed by atoms with Crippen molar-refractivity contribution in [3.05, 3.63) is 48.0 Å². The number of hydrogen-bond donors (Lipinski definition) is 1. The van der Waals surface area contributed by atoms with Crippen LogP contribution in [0, 0.1) is 0 Å². The highest BCUT2D eigenvalue weighted by molar-refractivity contribution is 5.28. The molecule has 0 fully saturated rings. The Balaban J connectivity index is 2.97. The number of rotatable bonds is 3. The fourth-order valence-electron chi connectivity index (χ4n) is 1.04. The summed E-state index contributed by atoms with van der Waals surface area (Å²) in [4.78, 5) is 0. The summed E-state index contributed by atoms with van der Waals surface area (Å²) in [6.45, 7) is 3.50. The van der Waals surface area contributed by atoms with Crippen LogP contribution in [0.15, 0.2) is 36.9 Å². The van der Waals surface area contributed by atoms with Crippen LogP contribution in [0.2, 0.25) is 0 Å². The molecule has 1 rings (SSSR count). The molecule has 0 unspecified atom stereocenters. The largest absolute Gasteiger partial charge is 0.321 e. The van der Waals surface area contributed by atoms with E-state index < -0.39 is 6.43 Å². The third-order valence-corrected chi connectivity index (χ3v) is 1.80. The second-order valence-corrected chi connectivity index (χ2v) is 2.73. The molecule has 0 aliphatic rings. The Kier molecular flexibility index (Phi) is 3.14. The lowest BCUT2D eigenvalue weighted by atomic mass is 10.1. The van der Waals surface area contributed by atoms with Crippen LogP contribution in [-0.2, 0) is 0 Å². The SMILES string of the molecule is C=C[C@H](N)c1cccc(C(F)F)c1. The second kappa shape index (κ2) is 4.14. The number of nitrogens with two attached hydrogens (primary N) is 1. The van der Waals surface area contributed by atoms with Crippen molar-refractivity contribution >= 4 is 0 Å². The van der Waals surface area contributed by atoms with E-state index in [1.807, 2.05) is 0 Å². The molecular formula is C10H11F2N. The standard InChI is InChI=1S/C10H11F2N/c1-2-9(13)7-4-3-5-8(6-7)10(11)12/h2-6,9-10H,1,13H2/t9-/m0/s1. The van der Waals surface area contributed by atoms with Gasteiger partial charge in [0.05, 0.1) is 0 Å². The summed E-state index contributed by atoms with van der Waals surface area (Å²) < 4.78 is 24.5. The molecule has 0 spiro atoms. The summed E-state index contributed by atoms with van der Waals surface area (Å²) >= 11 is 0. The highest BCUT2D eigenvalue weighted by atomic mass is 19.3. The molecule has 2 N–H and O–H groups in total. The molecule has 1 atom stereocenters. The van der Waals surface area contributed by atoms with Crippen LogP contribution in [-0.4, -0.2) is 0 Å². The van der Waals surface area contributed by atoms with Gasteiger partial charge in [-0.2, -0.15) is 0 Å². The summed E-state index contributed by atoms with van der Waals surface area (Å²) in [5.74, 6) is 0. The molecule has 0 aromatic heterocycles. The van der Waals surface area contributed by atoms with Gasteiger partial charge in [-0.3, -0.25) is 0 Å². The molecule has 0 amide bonds. The van der Waals surface area contributed by atoms with Crippen molar-refractivity contribution in [2.24, 2.45) is 5.73 Å². The van der Waals surface area contributed by atoms with Gasteiger partial charge in [0.1, 0.15) is 0 Å². The van der Waals surface area contributed by atoms with Gasteiger partial charge < -0.3 is 5.73 Å². The first-order valence-electron chi connectivity index (χ1n) is 3.91. The van der Waals surface area contributed by atoms with E-state index in [1.54, 1.807) is 12.1 Å². The van der Waals surface area contributed by atoms with Crippen LogP contribution in [0.4, 0.5) is 8.78 Å². The van der Waals surface area contributed by atoms with Crippen molar-refractivity contribution in [3.63, 3.8) is 0 Å². The maximum atomic E-state index is 12.2.